The number of carbonyl (C=O) groups excluding carboxylic acids is 1. The van der Waals surface area contributed by atoms with Crippen molar-refractivity contribution < 1.29 is 19.4 Å². The Morgan fingerprint density at radius 2 is 1.57 bits per heavy atom. The van der Waals surface area contributed by atoms with E-state index in [4.69, 9.17) is 4.74 Å². The van der Waals surface area contributed by atoms with Crippen LogP contribution in [0, 0.1) is 0 Å². The molecule has 0 radical (unpaired) electrons. The maximum atomic E-state index is 12.7. The monoisotopic (exact) mass is 567 g/mol. The number of amides is 1. The van der Waals surface area contributed by atoms with Crippen molar-refractivity contribution in [3.63, 3.8) is 0 Å². The van der Waals surface area contributed by atoms with E-state index in [-0.39, 0.29) is 6.42 Å². The standard InChI is InChI=1S/C31H25N3O4S2/c1-18(19-8-4-3-5-9-19)38-31(37)33-30-24(17-32-34(30)2)26-16-28-27(40-26)15-25(39-28)23-13-12-20(14-29(35)36)21-10-6-7-11-22(21)23/h3-13,15-18H,14H2,1-2H3,(H,33,37)(H,35,36)/t18-/m1/s1. The highest BCUT2D eigenvalue weighted by atomic mass is 32.1. The minimum Gasteiger partial charge on any atom is -0.481 e. The molecule has 0 fully saturated rings. The second-order valence-corrected chi connectivity index (χ2v) is 11.6. The number of ether oxygens (including phenoxy) is 1. The lowest BCUT2D eigenvalue weighted by atomic mass is 9.97. The van der Waals surface area contributed by atoms with Crippen LogP contribution in [0.3, 0.4) is 0 Å². The number of nitrogens with one attached hydrogen (secondary N) is 1. The zero-order valence-electron chi connectivity index (χ0n) is 21.8. The second kappa shape index (κ2) is 10.6. The Morgan fingerprint density at radius 3 is 2.27 bits per heavy atom. The topological polar surface area (TPSA) is 93.4 Å². The smallest absolute Gasteiger partial charge is 0.413 e. The molecule has 0 saturated carbocycles. The molecule has 0 unspecified atom stereocenters. The molecule has 0 aliphatic heterocycles. The number of thiophene rings is 2. The molecule has 0 spiro atoms. The highest BCUT2D eigenvalue weighted by Gasteiger charge is 2.20. The van der Waals surface area contributed by atoms with Crippen molar-refractivity contribution in [2.24, 2.45) is 7.05 Å². The van der Waals surface area contributed by atoms with Gasteiger partial charge in [0, 0.05) is 26.2 Å². The lowest BCUT2D eigenvalue weighted by Crippen LogP contribution is -2.18. The Bertz CT molecular complexity index is 1840. The van der Waals surface area contributed by atoms with E-state index in [1.807, 2.05) is 73.7 Å². The molecule has 3 heterocycles. The molecule has 1 amide bonds. The number of rotatable bonds is 7. The number of carboxylic acid groups (broad SMARTS) is 1. The molecule has 0 aliphatic rings. The Labute approximate surface area is 238 Å². The van der Waals surface area contributed by atoms with Crippen LogP contribution < -0.4 is 5.32 Å². The van der Waals surface area contributed by atoms with Gasteiger partial charge in [-0.1, -0.05) is 66.7 Å². The van der Waals surface area contributed by atoms with Gasteiger partial charge in [-0.2, -0.15) is 5.10 Å². The van der Waals surface area contributed by atoms with Crippen LogP contribution in [0.1, 0.15) is 24.2 Å². The first-order valence-electron chi connectivity index (χ1n) is 12.7. The van der Waals surface area contributed by atoms with E-state index in [0.717, 1.165) is 52.2 Å². The van der Waals surface area contributed by atoms with Crippen molar-refractivity contribution in [1.29, 1.82) is 0 Å². The van der Waals surface area contributed by atoms with Crippen LogP contribution >= 0.6 is 22.7 Å². The minimum atomic E-state index is -0.842. The van der Waals surface area contributed by atoms with Crippen LogP contribution in [0.2, 0.25) is 0 Å². The summed E-state index contributed by atoms with van der Waals surface area (Å²) in [6.45, 7) is 1.84. The molecule has 3 aromatic heterocycles. The summed E-state index contributed by atoms with van der Waals surface area (Å²) in [4.78, 5) is 26.2. The number of anilines is 1. The minimum absolute atomic E-state index is 0.0100. The third-order valence-corrected chi connectivity index (χ3v) is 9.17. The highest BCUT2D eigenvalue weighted by Crippen LogP contribution is 2.44. The number of hydrogen-bond donors (Lipinski definition) is 2. The molecule has 2 N–H and O–H groups in total. The van der Waals surface area contributed by atoms with Crippen LogP contribution in [0.4, 0.5) is 10.6 Å². The van der Waals surface area contributed by atoms with E-state index in [1.165, 1.54) is 0 Å². The van der Waals surface area contributed by atoms with Gasteiger partial charge in [-0.05, 0) is 46.5 Å². The first kappa shape index (κ1) is 25.8. The fourth-order valence-electron chi connectivity index (χ4n) is 4.84. The zero-order valence-corrected chi connectivity index (χ0v) is 23.4. The van der Waals surface area contributed by atoms with Gasteiger partial charge in [-0.25, -0.2) is 4.79 Å². The van der Waals surface area contributed by atoms with E-state index in [1.54, 1.807) is 40.6 Å². The molecular weight excluding hydrogens is 542 g/mol. The molecule has 3 aromatic carbocycles. The lowest BCUT2D eigenvalue weighted by Gasteiger charge is -2.14. The van der Waals surface area contributed by atoms with Gasteiger partial charge in [-0.3, -0.25) is 14.8 Å². The molecule has 1 atom stereocenters. The van der Waals surface area contributed by atoms with Crippen LogP contribution in [0.15, 0.2) is 85.1 Å². The fourth-order valence-corrected chi connectivity index (χ4v) is 7.29. The molecule has 9 heteroatoms. The van der Waals surface area contributed by atoms with Crippen molar-refractivity contribution in [2.75, 3.05) is 5.32 Å². The molecule has 0 aliphatic carbocycles. The normalized spacial score (nSPS) is 12.1. The number of aliphatic carboxylic acids is 1. The van der Waals surface area contributed by atoms with E-state index in [9.17, 15) is 14.7 Å². The summed E-state index contributed by atoms with van der Waals surface area (Å²) in [5.74, 6) is -0.273. The number of hydrogen-bond acceptors (Lipinski definition) is 6. The molecule has 200 valence electrons. The Kier molecular flexibility index (Phi) is 6.83. The molecule has 6 aromatic rings. The first-order valence-corrected chi connectivity index (χ1v) is 14.3. The van der Waals surface area contributed by atoms with Crippen LogP contribution in [-0.2, 0) is 23.0 Å². The molecule has 6 rings (SSSR count). The fraction of sp³-hybridized carbons (Fsp3) is 0.129. The number of carboxylic acids is 1. The third-order valence-electron chi connectivity index (χ3n) is 6.81. The second-order valence-electron chi connectivity index (χ2n) is 9.45. The van der Waals surface area contributed by atoms with Gasteiger partial charge in [0.25, 0.3) is 0 Å². The van der Waals surface area contributed by atoms with E-state index in [0.29, 0.717) is 5.82 Å². The number of aromatic nitrogens is 2. The maximum Gasteiger partial charge on any atom is 0.413 e. The summed E-state index contributed by atoms with van der Waals surface area (Å²) >= 11 is 3.32. The number of benzene rings is 3. The molecule has 0 bridgehead atoms. The average Bonchev–Trinajstić information content (AvgIpc) is 3.62. The van der Waals surface area contributed by atoms with Gasteiger partial charge >= 0.3 is 12.1 Å². The van der Waals surface area contributed by atoms with Crippen molar-refractivity contribution in [3.8, 4) is 20.9 Å². The quantitative estimate of drug-likeness (QED) is 0.203. The van der Waals surface area contributed by atoms with Crippen molar-refractivity contribution in [2.45, 2.75) is 19.4 Å². The van der Waals surface area contributed by atoms with Gasteiger partial charge in [0.1, 0.15) is 11.9 Å². The van der Waals surface area contributed by atoms with Gasteiger partial charge < -0.3 is 9.84 Å². The van der Waals surface area contributed by atoms with E-state index >= 15 is 0 Å². The van der Waals surface area contributed by atoms with Gasteiger partial charge in [0.05, 0.1) is 18.2 Å². The largest absolute Gasteiger partial charge is 0.481 e. The predicted octanol–water partition coefficient (Wildman–Crippen LogP) is 8.12. The third kappa shape index (κ3) is 4.97. The summed E-state index contributed by atoms with van der Waals surface area (Å²) in [7, 11) is 1.78. The van der Waals surface area contributed by atoms with E-state index < -0.39 is 18.2 Å². The molecule has 7 nitrogen and oxygen atoms in total. The predicted molar refractivity (Wildman–Crippen MR) is 161 cm³/mol. The number of aryl methyl sites for hydroxylation is 1. The zero-order chi connectivity index (χ0) is 27.8. The van der Waals surface area contributed by atoms with Crippen molar-refractivity contribution in [1.82, 2.24) is 9.78 Å². The van der Waals surface area contributed by atoms with Crippen LogP contribution in [0.5, 0.6) is 0 Å². The lowest BCUT2D eigenvalue weighted by molar-refractivity contribution is -0.136. The Morgan fingerprint density at radius 1 is 0.925 bits per heavy atom. The molecule has 0 saturated heterocycles. The summed E-state index contributed by atoms with van der Waals surface area (Å²) in [5, 5.41) is 18.6. The molecule has 40 heavy (non-hydrogen) atoms. The average molecular weight is 568 g/mol. The summed E-state index contributed by atoms with van der Waals surface area (Å²) < 4.78 is 9.50. The highest BCUT2D eigenvalue weighted by molar-refractivity contribution is 7.31. The summed E-state index contributed by atoms with van der Waals surface area (Å²) in [6, 6.07) is 25.8. The maximum absolute atomic E-state index is 12.7. The Hall–Kier alpha value is -4.47. The molecular formula is C31H25N3O4S2. The first-order chi connectivity index (χ1) is 19.4. The summed E-state index contributed by atoms with van der Waals surface area (Å²) in [5.41, 5.74) is 3.63. The Balaban J connectivity index is 1.27. The van der Waals surface area contributed by atoms with Gasteiger partial charge in [-0.15, -0.1) is 22.7 Å². The summed E-state index contributed by atoms with van der Waals surface area (Å²) in [6.07, 6.45) is 0.808. The van der Waals surface area contributed by atoms with Crippen LogP contribution in [-0.4, -0.2) is 26.9 Å². The number of carbonyl (C=O) groups is 2. The van der Waals surface area contributed by atoms with Gasteiger partial charge in [0.15, 0.2) is 0 Å². The van der Waals surface area contributed by atoms with Crippen molar-refractivity contribution in [3.05, 3.63) is 96.2 Å². The number of nitrogens with zero attached hydrogens (tertiary/aromatic N) is 2. The van der Waals surface area contributed by atoms with Crippen molar-refractivity contribution >= 4 is 60.7 Å². The van der Waals surface area contributed by atoms with Crippen LogP contribution in [0.25, 0.3) is 41.1 Å². The van der Waals surface area contributed by atoms with E-state index in [2.05, 4.69) is 22.5 Å². The number of fused-ring (bicyclic) bond motifs is 2. The SMILES string of the molecule is C[C@@H](OC(=O)Nc1c(-c2cc3sc(-c4ccc(CC(=O)O)c5ccccc45)cc3s2)cnn1C)c1ccccc1. The van der Waals surface area contributed by atoms with Gasteiger partial charge in [0.2, 0.25) is 0 Å².